The normalized spacial score (nSPS) is 24.0. The number of unbranched alkanes of at least 4 members (excludes halogenated alkanes) is 3. The molecule has 0 bridgehead atoms. The van der Waals surface area contributed by atoms with E-state index in [1.807, 2.05) is 0 Å². The average molecular weight is 230 g/mol. The Hall–Kier alpha value is 0.137. The first-order chi connectivity index (χ1) is 7.33. The SMILES string of the molecule is CCCCCCC(C)O[SiH]1CCCCO1. The maximum Gasteiger partial charge on any atom is 0.321 e. The molecule has 90 valence electrons. The molecule has 1 rings (SSSR count). The zero-order chi connectivity index (χ0) is 10.9. The third kappa shape index (κ3) is 6.33. The second-order valence-corrected chi connectivity index (χ2v) is 6.63. The van der Waals surface area contributed by atoms with Crippen molar-refractivity contribution in [3.05, 3.63) is 0 Å². The molecule has 1 fully saturated rings. The lowest BCUT2D eigenvalue weighted by atomic mass is 10.1. The van der Waals surface area contributed by atoms with Gasteiger partial charge in [0.15, 0.2) is 0 Å². The van der Waals surface area contributed by atoms with Crippen LogP contribution in [0.3, 0.4) is 0 Å². The molecule has 2 atom stereocenters. The molecule has 2 nitrogen and oxygen atoms in total. The molecule has 1 aliphatic heterocycles. The fraction of sp³-hybridized carbons (Fsp3) is 1.00. The quantitative estimate of drug-likeness (QED) is 0.493. The molecular formula is C12H26O2Si. The van der Waals surface area contributed by atoms with E-state index < -0.39 is 9.28 Å². The van der Waals surface area contributed by atoms with E-state index in [-0.39, 0.29) is 0 Å². The molecule has 1 aliphatic rings. The lowest BCUT2D eigenvalue weighted by Gasteiger charge is -2.24. The minimum Gasteiger partial charge on any atom is -0.397 e. The molecule has 1 saturated heterocycles. The Morgan fingerprint density at radius 2 is 2.13 bits per heavy atom. The summed E-state index contributed by atoms with van der Waals surface area (Å²) in [5, 5.41) is 0. The van der Waals surface area contributed by atoms with Crippen molar-refractivity contribution in [1.29, 1.82) is 0 Å². The maximum atomic E-state index is 5.99. The molecule has 0 amide bonds. The largest absolute Gasteiger partial charge is 0.397 e. The number of rotatable bonds is 7. The van der Waals surface area contributed by atoms with Crippen molar-refractivity contribution in [1.82, 2.24) is 0 Å². The van der Waals surface area contributed by atoms with Crippen LogP contribution in [0, 0.1) is 0 Å². The summed E-state index contributed by atoms with van der Waals surface area (Å²) in [6.45, 7) is 5.40. The van der Waals surface area contributed by atoms with E-state index >= 15 is 0 Å². The van der Waals surface area contributed by atoms with Crippen molar-refractivity contribution in [2.45, 2.75) is 70.9 Å². The second kappa shape index (κ2) is 8.31. The highest BCUT2D eigenvalue weighted by molar-refractivity contribution is 6.44. The highest BCUT2D eigenvalue weighted by atomic mass is 28.3. The first-order valence-corrected chi connectivity index (χ1v) is 8.36. The summed E-state index contributed by atoms with van der Waals surface area (Å²) >= 11 is 0. The van der Waals surface area contributed by atoms with E-state index in [9.17, 15) is 0 Å². The first kappa shape index (κ1) is 13.2. The summed E-state index contributed by atoms with van der Waals surface area (Å²) in [5.41, 5.74) is 0. The minimum absolute atomic E-state index is 0.427. The Morgan fingerprint density at radius 1 is 1.27 bits per heavy atom. The van der Waals surface area contributed by atoms with Gasteiger partial charge >= 0.3 is 9.28 Å². The smallest absolute Gasteiger partial charge is 0.321 e. The van der Waals surface area contributed by atoms with Gasteiger partial charge < -0.3 is 8.85 Å². The summed E-state index contributed by atoms with van der Waals surface area (Å²) in [4.78, 5) is 0. The van der Waals surface area contributed by atoms with Gasteiger partial charge in [-0.1, -0.05) is 32.6 Å². The van der Waals surface area contributed by atoms with Crippen molar-refractivity contribution in [3.63, 3.8) is 0 Å². The molecule has 2 unspecified atom stereocenters. The molecule has 0 saturated carbocycles. The lowest BCUT2D eigenvalue weighted by Crippen LogP contribution is -2.30. The van der Waals surface area contributed by atoms with Crippen LogP contribution in [0.2, 0.25) is 6.04 Å². The molecule has 0 aromatic carbocycles. The third-order valence-corrected chi connectivity index (χ3v) is 5.24. The Labute approximate surface area is 96.2 Å². The summed E-state index contributed by atoms with van der Waals surface area (Å²) < 4.78 is 11.7. The maximum absolute atomic E-state index is 5.99. The van der Waals surface area contributed by atoms with E-state index in [0.717, 1.165) is 6.61 Å². The van der Waals surface area contributed by atoms with Crippen LogP contribution in [0.4, 0.5) is 0 Å². The predicted octanol–water partition coefficient (Wildman–Crippen LogP) is 3.39. The predicted molar refractivity (Wildman–Crippen MR) is 66.4 cm³/mol. The molecular weight excluding hydrogens is 204 g/mol. The molecule has 3 heteroatoms. The van der Waals surface area contributed by atoms with E-state index in [2.05, 4.69) is 13.8 Å². The molecule has 1 heterocycles. The third-order valence-electron chi connectivity index (χ3n) is 2.99. The molecule has 0 radical (unpaired) electrons. The van der Waals surface area contributed by atoms with Gasteiger partial charge in [-0.15, -0.1) is 0 Å². The Balaban J connectivity index is 1.98. The Kier molecular flexibility index (Phi) is 7.31. The van der Waals surface area contributed by atoms with Crippen LogP contribution in [0.15, 0.2) is 0 Å². The van der Waals surface area contributed by atoms with Gasteiger partial charge in [0.25, 0.3) is 0 Å². The van der Waals surface area contributed by atoms with Crippen LogP contribution >= 0.6 is 0 Å². The standard InChI is InChI=1S/C12H26O2Si/c1-3-4-5-6-9-12(2)14-15-11-8-7-10-13-15/h12,15H,3-11H2,1-2H3. The fourth-order valence-electron chi connectivity index (χ4n) is 2.00. The van der Waals surface area contributed by atoms with Gasteiger partial charge in [-0.2, -0.15) is 0 Å². The topological polar surface area (TPSA) is 18.5 Å². The van der Waals surface area contributed by atoms with Gasteiger partial charge in [0.2, 0.25) is 0 Å². The van der Waals surface area contributed by atoms with Crippen molar-refractivity contribution in [2.24, 2.45) is 0 Å². The zero-order valence-corrected chi connectivity index (χ0v) is 11.5. The zero-order valence-electron chi connectivity index (χ0n) is 10.3. The van der Waals surface area contributed by atoms with E-state index in [0.29, 0.717) is 6.10 Å². The molecule has 0 spiro atoms. The first-order valence-electron chi connectivity index (χ1n) is 6.60. The van der Waals surface area contributed by atoms with Gasteiger partial charge in [0.05, 0.1) is 0 Å². The van der Waals surface area contributed by atoms with Gasteiger partial charge in [-0.05, 0) is 32.2 Å². The van der Waals surface area contributed by atoms with Crippen molar-refractivity contribution in [3.8, 4) is 0 Å². The molecule has 0 aromatic heterocycles. The monoisotopic (exact) mass is 230 g/mol. The van der Waals surface area contributed by atoms with Crippen LogP contribution in [0.5, 0.6) is 0 Å². The van der Waals surface area contributed by atoms with E-state index in [1.54, 1.807) is 0 Å². The summed E-state index contributed by atoms with van der Waals surface area (Å²) in [7, 11) is -1.24. The molecule has 0 N–H and O–H groups in total. The highest BCUT2D eigenvalue weighted by Crippen LogP contribution is 2.15. The van der Waals surface area contributed by atoms with E-state index in [4.69, 9.17) is 8.85 Å². The summed E-state index contributed by atoms with van der Waals surface area (Å²) in [5.74, 6) is 0. The van der Waals surface area contributed by atoms with Crippen LogP contribution in [-0.2, 0) is 8.85 Å². The summed E-state index contributed by atoms with van der Waals surface area (Å²) in [6, 6.07) is 1.22. The van der Waals surface area contributed by atoms with Crippen LogP contribution in [0.1, 0.15) is 58.8 Å². The van der Waals surface area contributed by atoms with Gasteiger partial charge in [0.1, 0.15) is 0 Å². The number of hydrogen-bond donors (Lipinski definition) is 0. The Bertz CT molecular complexity index is 147. The number of hydrogen-bond acceptors (Lipinski definition) is 2. The Morgan fingerprint density at radius 3 is 2.80 bits per heavy atom. The van der Waals surface area contributed by atoms with Gasteiger partial charge in [-0.3, -0.25) is 0 Å². The van der Waals surface area contributed by atoms with E-state index in [1.165, 1.54) is 51.0 Å². The van der Waals surface area contributed by atoms with Crippen LogP contribution in [0.25, 0.3) is 0 Å². The lowest BCUT2D eigenvalue weighted by molar-refractivity contribution is 0.126. The molecule has 0 aliphatic carbocycles. The highest BCUT2D eigenvalue weighted by Gasteiger charge is 2.19. The minimum atomic E-state index is -1.24. The van der Waals surface area contributed by atoms with Crippen molar-refractivity contribution in [2.75, 3.05) is 6.61 Å². The van der Waals surface area contributed by atoms with Crippen LogP contribution in [-0.4, -0.2) is 22.0 Å². The van der Waals surface area contributed by atoms with Crippen molar-refractivity contribution >= 4 is 9.28 Å². The molecule has 0 aromatic rings. The summed E-state index contributed by atoms with van der Waals surface area (Å²) in [6.07, 6.45) is 9.55. The fourth-order valence-corrected chi connectivity index (χ4v) is 4.09. The van der Waals surface area contributed by atoms with Crippen molar-refractivity contribution < 1.29 is 8.85 Å². The van der Waals surface area contributed by atoms with Gasteiger partial charge in [-0.25, -0.2) is 0 Å². The second-order valence-electron chi connectivity index (χ2n) is 4.59. The van der Waals surface area contributed by atoms with Gasteiger partial charge in [0, 0.05) is 12.7 Å². The van der Waals surface area contributed by atoms with Crippen LogP contribution < -0.4 is 0 Å². The molecule has 15 heavy (non-hydrogen) atoms. The average Bonchev–Trinajstić information content (AvgIpc) is 2.26.